The van der Waals surface area contributed by atoms with Gasteiger partial charge in [-0.05, 0) is 6.92 Å². The average Bonchev–Trinajstić information content (AvgIpc) is 2.83. The highest BCUT2D eigenvalue weighted by Crippen LogP contribution is 2.33. The summed E-state index contributed by atoms with van der Waals surface area (Å²) in [5.41, 5.74) is -3.29. The fraction of sp³-hybridized carbons (Fsp3) is 0.550. The van der Waals surface area contributed by atoms with Crippen LogP contribution < -0.4 is 15.2 Å². The van der Waals surface area contributed by atoms with Crippen molar-refractivity contribution < 1.29 is 41.3 Å². The molecule has 11 nitrogen and oxygen atoms in total. The fourth-order valence-corrected chi connectivity index (χ4v) is 3.35. The van der Waals surface area contributed by atoms with Crippen LogP contribution in [0, 0.1) is 0 Å². The zero-order valence-electron chi connectivity index (χ0n) is 18.9. The van der Waals surface area contributed by atoms with Gasteiger partial charge in [-0.25, -0.2) is 23.8 Å². The van der Waals surface area contributed by atoms with Crippen LogP contribution in [0.2, 0.25) is 0 Å². The number of rotatable bonds is 9. The lowest BCUT2D eigenvalue weighted by Crippen LogP contribution is -2.52. The standard InChI is InChI=1S/C20H23F5N6O5/c1-11(36-14-8-28-29-17(33)15(14)20(23,24)25)9-35-10-13(32)18(34)30-2-4-31(5-3-30)19-26-6-12(7-27-19)16(21)22/h6-8,11,13,16,32H,2-5,9-10H2,1H3,(H,29,33). The number of nitrogens with zero attached hydrogens (tertiary/aromatic N) is 5. The van der Waals surface area contributed by atoms with E-state index in [1.54, 1.807) is 10.00 Å². The van der Waals surface area contributed by atoms with Crippen LogP contribution in [-0.2, 0) is 15.7 Å². The van der Waals surface area contributed by atoms with E-state index >= 15 is 0 Å². The number of piperazine rings is 1. The van der Waals surface area contributed by atoms with Crippen LogP contribution in [0.5, 0.6) is 5.75 Å². The number of hydrogen-bond acceptors (Lipinski definition) is 9. The fourth-order valence-electron chi connectivity index (χ4n) is 3.35. The van der Waals surface area contributed by atoms with E-state index in [2.05, 4.69) is 15.1 Å². The van der Waals surface area contributed by atoms with Crippen molar-refractivity contribution in [2.24, 2.45) is 0 Å². The lowest BCUT2D eigenvalue weighted by Gasteiger charge is -2.35. The minimum Gasteiger partial charge on any atom is -0.486 e. The molecule has 2 unspecified atom stereocenters. The minimum absolute atomic E-state index is 0.213. The van der Waals surface area contributed by atoms with E-state index in [0.717, 1.165) is 18.6 Å². The summed E-state index contributed by atoms with van der Waals surface area (Å²) in [5.74, 6) is -1.14. The maximum atomic E-state index is 13.1. The largest absolute Gasteiger partial charge is 0.486 e. The average molecular weight is 522 g/mol. The predicted octanol–water partition coefficient (Wildman–Crippen LogP) is 1.01. The van der Waals surface area contributed by atoms with Crippen molar-refractivity contribution in [2.75, 3.05) is 44.3 Å². The molecule has 1 saturated heterocycles. The number of aromatic nitrogens is 4. The molecule has 0 saturated carbocycles. The molecule has 0 bridgehead atoms. The molecule has 16 heteroatoms. The quantitative estimate of drug-likeness (QED) is 0.463. The summed E-state index contributed by atoms with van der Waals surface area (Å²) in [4.78, 5) is 34.9. The third-order valence-corrected chi connectivity index (χ3v) is 5.13. The Bertz CT molecular complexity index is 1080. The first kappa shape index (κ1) is 27.2. The first-order chi connectivity index (χ1) is 17.0. The highest BCUT2D eigenvalue weighted by atomic mass is 19.4. The van der Waals surface area contributed by atoms with Crippen LogP contribution >= 0.6 is 0 Å². The molecule has 1 aliphatic rings. The number of aliphatic hydroxyl groups is 1. The van der Waals surface area contributed by atoms with Crippen molar-refractivity contribution in [1.29, 1.82) is 0 Å². The van der Waals surface area contributed by atoms with Crippen molar-refractivity contribution in [1.82, 2.24) is 25.1 Å². The number of alkyl halides is 5. The normalized spacial score (nSPS) is 16.2. The summed E-state index contributed by atoms with van der Waals surface area (Å²) < 4.78 is 74.8. The smallest absolute Gasteiger partial charge is 0.425 e. The van der Waals surface area contributed by atoms with E-state index in [1.165, 1.54) is 11.8 Å². The predicted molar refractivity (Wildman–Crippen MR) is 113 cm³/mol. The van der Waals surface area contributed by atoms with Crippen molar-refractivity contribution in [3.05, 3.63) is 40.1 Å². The number of aromatic amines is 1. The van der Waals surface area contributed by atoms with Gasteiger partial charge in [0.05, 0.1) is 25.0 Å². The Morgan fingerprint density at radius 1 is 1.14 bits per heavy atom. The number of carbonyl (C=O) groups excluding carboxylic acids is 1. The molecule has 0 spiro atoms. The lowest BCUT2D eigenvalue weighted by molar-refractivity contribution is -0.145. The first-order valence-electron chi connectivity index (χ1n) is 10.7. The minimum atomic E-state index is -4.96. The molecule has 3 rings (SSSR count). The Morgan fingerprint density at radius 3 is 2.36 bits per heavy atom. The maximum Gasteiger partial charge on any atom is 0.425 e. The zero-order valence-corrected chi connectivity index (χ0v) is 18.9. The van der Waals surface area contributed by atoms with Gasteiger partial charge in [0.25, 0.3) is 17.9 Å². The molecule has 2 atom stereocenters. The van der Waals surface area contributed by atoms with E-state index in [9.17, 15) is 36.6 Å². The number of ether oxygens (including phenoxy) is 2. The molecule has 1 aliphatic heterocycles. The number of amides is 1. The van der Waals surface area contributed by atoms with E-state index in [4.69, 9.17) is 9.47 Å². The molecule has 0 aromatic carbocycles. The highest BCUT2D eigenvalue weighted by Gasteiger charge is 2.38. The van der Waals surface area contributed by atoms with Gasteiger partial charge in [-0.1, -0.05) is 0 Å². The van der Waals surface area contributed by atoms with Crippen molar-refractivity contribution >= 4 is 11.9 Å². The van der Waals surface area contributed by atoms with E-state index < -0.39 is 54.2 Å². The van der Waals surface area contributed by atoms with Crippen LogP contribution in [-0.4, -0.2) is 87.7 Å². The topological polar surface area (TPSA) is 134 Å². The zero-order chi connectivity index (χ0) is 26.5. The van der Waals surface area contributed by atoms with Crippen LogP contribution in [0.15, 0.2) is 23.4 Å². The number of H-pyrrole nitrogens is 1. The lowest BCUT2D eigenvalue weighted by atomic mass is 10.2. The summed E-state index contributed by atoms with van der Waals surface area (Å²) in [6, 6.07) is 0. The number of nitrogens with one attached hydrogen (secondary N) is 1. The van der Waals surface area contributed by atoms with Gasteiger partial charge in [-0.15, -0.1) is 0 Å². The molecular formula is C20H23F5N6O5. The van der Waals surface area contributed by atoms with E-state index in [0.29, 0.717) is 13.1 Å². The van der Waals surface area contributed by atoms with Gasteiger partial charge in [0.1, 0.15) is 6.10 Å². The van der Waals surface area contributed by atoms with Gasteiger partial charge in [-0.3, -0.25) is 9.59 Å². The van der Waals surface area contributed by atoms with Crippen molar-refractivity contribution in [3.63, 3.8) is 0 Å². The van der Waals surface area contributed by atoms with Gasteiger partial charge in [0.2, 0.25) is 5.95 Å². The molecule has 1 amide bonds. The molecule has 36 heavy (non-hydrogen) atoms. The number of hydrogen-bond donors (Lipinski definition) is 2. The van der Waals surface area contributed by atoms with E-state index in [-0.39, 0.29) is 31.2 Å². The monoisotopic (exact) mass is 522 g/mol. The Balaban J connectivity index is 1.44. The van der Waals surface area contributed by atoms with Crippen molar-refractivity contribution in [2.45, 2.75) is 31.7 Å². The van der Waals surface area contributed by atoms with Gasteiger partial charge in [-0.2, -0.15) is 18.3 Å². The van der Waals surface area contributed by atoms with Crippen molar-refractivity contribution in [3.8, 4) is 5.75 Å². The molecule has 2 aromatic heterocycles. The Kier molecular flexibility index (Phi) is 8.73. The SMILES string of the molecule is CC(COCC(O)C(=O)N1CCN(c2ncc(C(F)F)cn2)CC1)Oc1cn[nH]c(=O)c1C(F)(F)F. The maximum absolute atomic E-state index is 13.1. The summed E-state index contributed by atoms with van der Waals surface area (Å²) in [6.07, 6.45) is -7.34. The van der Waals surface area contributed by atoms with Gasteiger partial charge in [0, 0.05) is 38.6 Å². The first-order valence-corrected chi connectivity index (χ1v) is 10.7. The number of anilines is 1. The number of aliphatic hydroxyl groups excluding tert-OH is 1. The molecule has 3 heterocycles. The summed E-state index contributed by atoms with van der Waals surface area (Å²) in [7, 11) is 0. The number of halogens is 5. The second kappa shape index (κ2) is 11.6. The van der Waals surface area contributed by atoms with Crippen LogP contribution in [0.4, 0.5) is 27.9 Å². The second-order valence-electron chi connectivity index (χ2n) is 7.85. The molecule has 2 N–H and O–H groups in total. The highest BCUT2D eigenvalue weighted by molar-refractivity contribution is 5.81. The number of carbonyl (C=O) groups is 1. The Hall–Kier alpha value is -3.40. The second-order valence-corrected chi connectivity index (χ2v) is 7.85. The van der Waals surface area contributed by atoms with Crippen LogP contribution in [0.1, 0.15) is 24.5 Å². The summed E-state index contributed by atoms with van der Waals surface area (Å²) >= 11 is 0. The molecule has 1 fully saturated rings. The van der Waals surface area contributed by atoms with Crippen LogP contribution in [0.25, 0.3) is 0 Å². The molecule has 0 aliphatic carbocycles. The molecule has 198 valence electrons. The molecule has 0 radical (unpaired) electrons. The van der Waals surface area contributed by atoms with Gasteiger partial charge >= 0.3 is 6.18 Å². The van der Waals surface area contributed by atoms with Crippen LogP contribution in [0.3, 0.4) is 0 Å². The van der Waals surface area contributed by atoms with E-state index in [1.807, 2.05) is 0 Å². The third kappa shape index (κ3) is 6.84. The summed E-state index contributed by atoms with van der Waals surface area (Å²) in [6.45, 7) is 1.70. The molecule has 2 aromatic rings. The third-order valence-electron chi connectivity index (χ3n) is 5.13. The summed E-state index contributed by atoms with van der Waals surface area (Å²) in [5, 5.41) is 15.1. The Morgan fingerprint density at radius 2 is 1.78 bits per heavy atom. The Labute approximate surface area is 200 Å². The van der Waals surface area contributed by atoms with Gasteiger partial charge in [0.15, 0.2) is 17.4 Å². The molecular weight excluding hydrogens is 499 g/mol. The van der Waals surface area contributed by atoms with Gasteiger partial charge < -0.3 is 24.4 Å².